The van der Waals surface area contributed by atoms with E-state index in [0.29, 0.717) is 19.4 Å². The topological polar surface area (TPSA) is 60.5 Å². The van der Waals surface area contributed by atoms with Crippen molar-refractivity contribution in [2.45, 2.75) is 19.4 Å². The Kier molecular flexibility index (Phi) is 6.44. The van der Waals surface area contributed by atoms with Gasteiger partial charge in [-0.15, -0.1) is 11.3 Å². The third-order valence-electron chi connectivity index (χ3n) is 4.15. The van der Waals surface area contributed by atoms with E-state index in [9.17, 15) is 4.79 Å². The summed E-state index contributed by atoms with van der Waals surface area (Å²) in [6.07, 6.45) is 1.06. The standard InChI is InChI=1S/C21H22N2O3S/c1-25-17-7-3-15(4-8-17)13-22-20(24)11-12-21-23-19(14-27-21)16-5-9-18(26-2)10-6-16/h3-10,14H,11-13H2,1-2H3,(H,22,24). The highest BCUT2D eigenvalue weighted by Crippen LogP contribution is 2.24. The van der Waals surface area contributed by atoms with Gasteiger partial charge in [-0.3, -0.25) is 4.79 Å². The molecule has 0 unspecified atom stereocenters. The molecule has 1 amide bonds. The van der Waals surface area contributed by atoms with Crippen molar-refractivity contribution in [3.05, 3.63) is 64.5 Å². The summed E-state index contributed by atoms with van der Waals surface area (Å²) in [5, 5.41) is 5.92. The lowest BCUT2D eigenvalue weighted by atomic mass is 10.2. The average Bonchev–Trinajstić information content (AvgIpc) is 3.20. The monoisotopic (exact) mass is 382 g/mol. The van der Waals surface area contributed by atoms with Crippen LogP contribution < -0.4 is 14.8 Å². The molecule has 0 aliphatic rings. The van der Waals surface area contributed by atoms with E-state index >= 15 is 0 Å². The van der Waals surface area contributed by atoms with E-state index in [0.717, 1.165) is 33.3 Å². The van der Waals surface area contributed by atoms with E-state index < -0.39 is 0 Å². The van der Waals surface area contributed by atoms with Crippen LogP contribution in [0.25, 0.3) is 11.3 Å². The SMILES string of the molecule is COc1ccc(CNC(=O)CCc2nc(-c3ccc(OC)cc3)cs2)cc1. The van der Waals surface area contributed by atoms with E-state index in [4.69, 9.17) is 9.47 Å². The summed E-state index contributed by atoms with van der Waals surface area (Å²) in [4.78, 5) is 16.7. The van der Waals surface area contributed by atoms with Gasteiger partial charge in [-0.25, -0.2) is 4.98 Å². The first-order valence-corrected chi connectivity index (χ1v) is 9.54. The summed E-state index contributed by atoms with van der Waals surface area (Å²) in [5.41, 5.74) is 3.01. The Morgan fingerprint density at radius 3 is 2.26 bits per heavy atom. The Morgan fingerprint density at radius 1 is 1.00 bits per heavy atom. The van der Waals surface area contributed by atoms with Gasteiger partial charge in [0, 0.05) is 30.3 Å². The number of rotatable bonds is 8. The number of thiazole rings is 1. The van der Waals surface area contributed by atoms with Crippen molar-refractivity contribution in [3.8, 4) is 22.8 Å². The molecule has 0 fully saturated rings. The smallest absolute Gasteiger partial charge is 0.220 e. The molecule has 5 nitrogen and oxygen atoms in total. The van der Waals surface area contributed by atoms with Crippen molar-refractivity contribution in [3.63, 3.8) is 0 Å². The van der Waals surface area contributed by atoms with Crippen molar-refractivity contribution in [2.24, 2.45) is 0 Å². The largest absolute Gasteiger partial charge is 0.497 e. The lowest BCUT2D eigenvalue weighted by molar-refractivity contribution is -0.121. The number of benzene rings is 2. The Balaban J connectivity index is 1.47. The number of amides is 1. The van der Waals surface area contributed by atoms with Crippen LogP contribution in [0.5, 0.6) is 11.5 Å². The van der Waals surface area contributed by atoms with Crippen LogP contribution in [-0.2, 0) is 17.8 Å². The van der Waals surface area contributed by atoms with Gasteiger partial charge in [-0.1, -0.05) is 12.1 Å². The molecule has 1 aromatic heterocycles. The number of aryl methyl sites for hydroxylation is 1. The van der Waals surface area contributed by atoms with Crippen molar-refractivity contribution in [1.29, 1.82) is 0 Å². The van der Waals surface area contributed by atoms with E-state index in [-0.39, 0.29) is 5.91 Å². The number of ether oxygens (including phenoxy) is 2. The maximum absolute atomic E-state index is 12.1. The minimum Gasteiger partial charge on any atom is -0.497 e. The molecule has 3 aromatic rings. The number of methoxy groups -OCH3 is 2. The molecule has 140 valence electrons. The zero-order valence-corrected chi connectivity index (χ0v) is 16.2. The van der Waals surface area contributed by atoms with Crippen LogP contribution in [0, 0.1) is 0 Å². The summed E-state index contributed by atoms with van der Waals surface area (Å²) in [6, 6.07) is 15.5. The third-order valence-corrected chi connectivity index (χ3v) is 5.06. The summed E-state index contributed by atoms with van der Waals surface area (Å²) < 4.78 is 10.3. The second-order valence-corrected chi connectivity index (χ2v) is 6.92. The second kappa shape index (κ2) is 9.19. The van der Waals surface area contributed by atoms with Crippen molar-refractivity contribution >= 4 is 17.2 Å². The first-order chi connectivity index (χ1) is 13.2. The summed E-state index contributed by atoms with van der Waals surface area (Å²) in [7, 11) is 3.28. The highest BCUT2D eigenvalue weighted by molar-refractivity contribution is 7.09. The molecule has 27 heavy (non-hydrogen) atoms. The van der Waals surface area contributed by atoms with Gasteiger partial charge in [-0.2, -0.15) is 0 Å². The Morgan fingerprint density at radius 2 is 1.63 bits per heavy atom. The van der Waals surface area contributed by atoms with Crippen LogP contribution in [0.15, 0.2) is 53.9 Å². The van der Waals surface area contributed by atoms with Gasteiger partial charge < -0.3 is 14.8 Å². The van der Waals surface area contributed by atoms with Gasteiger partial charge in [0.1, 0.15) is 11.5 Å². The number of carbonyl (C=O) groups excluding carboxylic acids is 1. The van der Waals surface area contributed by atoms with Crippen LogP contribution in [0.4, 0.5) is 0 Å². The number of hydrogen-bond donors (Lipinski definition) is 1. The van der Waals surface area contributed by atoms with Crippen LogP contribution >= 0.6 is 11.3 Å². The highest BCUT2D eigenvalue weighted by atomic mass is 32.1. The molecule has 0 spiro atoms. The first-order valence-electron chi connectivity index (χ1n) is 8.66. The Labute approximate surface area is 163 Å². The molecule has 0 aliphatic carbocycles. The fourth-order valence-corrected chi connectivity index (χ4v) is 3.38. The predicted molar refractivity (Wildman–Crippen MR) is 107 cm³/mol. The summed E-state index contributed by atoms with van der Waals surface area (Å²) >= 11 is 1.58. The molecule has 0 saturated carbocycles. The van der Waals surface area contributed by atoms with Crippen LogP contribution in [-0.4, -0.2) is 25.1 Å². The maximum atomic E-state index is 12.1. The second-order valence-electron chi connectivity index (χ2n) is 5.98. The molecule has 0 radical (unpaired) electrons. The minimum atomic E-state index is 0.0204. The molecule has 2 aromatic carbocycles. The third kappa shape index (κ3) is 5.31. The molecule has 0 saturated heterocycles. The molecule has 1 N–H and O–H groups in total. The fourth-order valence-electron chi connectivity index (χ4n) is 2.57. The minimum absolute atomic E-state index is 0.0204. The molecule has 0 atom stereocenters. The van der Waals surface area contributed by atoms with Crippen molar-refractivity contribution in [1.82, 2.24) is 10.3 Å². The summed E-state index contributed by atoms with van der Waals surface area (Å²) in [6.45, 7) is 0.512. The maximum Gasteiger partial charge on any atom is 0.220 e. The molecule has 1 heterocycles. The normalized spacial score (nSPS) is 10.4. The molecular weight excluding hydrogens is 360 g/mol. The highest BCUT2D eigenvalue weighted by Gasteiger charge is 2.08. The number of nitrogens with one attached hydrogen (secondary N) is 1. The van der Waals surface area contributed by atoms with E-state index in [1.807, 2.05) is 53.9 Å². The molecule has 3 rings (SSSR count). The van der Waals surface area contributed by atoms with Crippen LogP contribution in [0.3, 0.4) is 0 Å². The van der Waals surface area contributed by atoms with Crippen LogP contribution in [0.1, 0.15) is 17.0 Å². The number of nitrogens with zero attached hydrogens (tertiary/aromatic N) is 1. The fraction of sp³-hybridized carbons (Fsp3) is 0.238. The first kappa shape index (κ1) is 18.9. The lowest BCUT2D eigenvalue weighted by Crippen LogP contribution is -2.22. The molecule has 0 aliphatic heterocycles. The number of carbonyl (C=O) groups is 1. The lowest BCUT2D eigenvalue weighted by Gasteiger charge is -2.06. The average molecular weight is 382 g/mol. The molecule has 6 heteroatoms. The van der Waals surface area contributed by atoms with Gasteiger partial charge in [0.05, 0.1) is 24.9 Å². The van der Waals surface area contributed by atoms with E-state index in [1.165, 1.54) is 0 Å². The molecular formula is C21H22N2O3S. The van der Waals surface area contributed by atoms with Gasteiger partial charge >= 0.3 is 0 Å². The number of hydrogen-bond acceptors (Lipinski definition) is 5. The number of aromatic nitrogens is 1. The predicted octanol–water partition coefficient (Wildman–Crippen LogP) is 4.08. The Hall–Kier alpha value is -2.86. The van der Waals surface area contributed by atoms with Gasteiger partial charge in [0.2, 0.25) is 5.91 Å². The van der Waals surface area contributed by atoms with Crippen LogP contribution in [0.2, 0.25) is 0 Å². The summed E-state index contributed by atoms with van der Waals surface area (Å²) in [5.74, 6) is 1.65. The van der Waals surface area contributed by atoms with Gasteiger partial charge in [0.15, 0.2) is 0 Å². The van der Waals surface area contributed by atoms with E-state index in [2.05, 4.69) is 10.3 Å². The zero-order chi connectivity index (χ0) is 19.1. The Bertz CT molecular complexity index is 873. The van der Waals surface area contributed by atoms with Gasteiger partial charge in [0.25, 0.3) is 0 Å². The van der Waals surface area contributed by atoms with Crippen molar-refractivity contribution < 1.29 is 14.3 Å². The van der Waals surface area contributed by atoms with E-state index in [1.54, 1.807) is 25.6 Å². The zero-order valence-electron chi connectivity index (χ0n) is 15.4. The van der Waals surface area contributed by atoms with Crippen molar-refractivity contribution in [2.75, 3.05) is 14.2 Å². The quantitative estimate of drug-likeness (QED) is 0.638. The van der Waals surface area contributed by atoms with Gasteiger partial charge in [-0.05, 0) is 42.0 Å². The molecule has 0 bridgehead atoms.